The van der Waals surface area contributed by atoms with Crippen LogP contribution in [-0.2, 0) is 6.18 Å². The molecule has 5 nitrogen and oxygen atoms in total. The first-order chi connectivity index (χ1) is 14.3. The van der Waals surface area contributed by atoms with Crippen LogP contribution in [0.5, 0.6) is 0 Å². The van der Waals surface area contributed by atoms with E-state index in [4.69, 9.17) is 0 Å². The van der Waals surface area contributed by atoms with Gasteiger partial charge in [-0.1, -0.05) is 24.3 Å². The lowest BCUT2D eigenvalue weighted by atomic mass is 10.1. The van der Waals surface area contributed by atoms with Gasteiger partial charge in [0.2, 0.25) is 0 Å². The van der Waals surface area contributed by atoms with Gasteiger partial charge in [-0.3, -0.25) is 0 Å². The van der Waals surface area contributed by atoms with Crippen molar-refractivity contribution in [1.82, 2.24) is 9.88 Å². The first kappa shape index (κ1) is 20.0. The topological polar surface area (TPSA) is 48.5 Å². The number of fused-ring (bicyclic) bond motifs is 1. The molecule has 4 rings (SSSR count). The van der Waals surface area contributed by atoms with Gasteiger partial charge in [-0.05, 0) is 42.6 Å². The van der Waals surface area contributed by atoms with Crippen LogP contribution in [0.3, 0.4) is 0 Å². The molecular formula is C22H21F3N4O. The molecule has 0 bridgehead atoms. The molecule has 0 radical (unpaired) electrons. The van der Waals surface area contributed by atoms with E-state index in [0.29, 0.717) is 25.3 Å². The second-order valence-electron chi connectivity index (χ2n) is 7.35. The number of hydrogen-bond acceptors (Lipinski definition) is 3. The molecule has 30 heavy (non-hydrogen) atoms. The molecule has 1 aromatic heterocycles. The number of halogens is 3. The molecule has 0 aliphatic carbocycles. The quantitative estimate of drug-likeness (QED) is 0.642. The van der Waals surface area contributed by atoms with E-state index < -0.39 is 11.7 Å². The summed E-state index contributed by atoms with van der Waals surface area (Å²) in [5, 5.41) is 4.86. The van der Waals surface area contributed by atoms with E-state index in [0.717, 1.165) is 28.7 Å². The van der Waals surface area contributed by atoms with Crippen molar-refractivity contribution in [1.29, 1.82) is 0 Å². The number of nitrogens with zero attached hydrogens (tertiary/aromatic N) is 3. The molecule has 0 spiro atoms. The molecule has 1 aliphatic rings. The smallest absolute Gasteiger partial charge is 0.352 e. The lowest BCUT2D eigenvalue weighted by Gasteiger charge is -2.40. The van der Waals surface area contributed by atoms with Crippen molar-refractivity contribution in [3.8, 4) is 0 Å². The molecule has 156 valence electrons. The van der Waals surface area contributed by atoms with Gasteiger partial charge in [0.05, 0.1) is 5.56 Å². The Morgan fingerprint density at radius 1 is 1.07 bits per heavy atom. The average Bonchev–Trinajstić information content (AvgIpc) is 2.73. The fraction of sp³-hybridized carbons (Fsp3) is 0.273. The van der Waals surface area contributed by atoms with Gasteiger partial charge in [0.25, 0.3) is 0 Å². The summed E-state index contributed by atoms with van der Waals surface area (Å²) in [6.07, 6.45) is -2.62. The van der Waals surface area contributed by atoms with E-state index in [9.17, 15) is 18.0 Å². The predicted molar refractivity (Wildman–Crippen MR) is 111 cm³/mol. The van der Waals surface area contributed by atoms with Gasteiger partial charge in [0.15, 0.2) is 0 Å². The Bertz CT molecular complexity index is 1050. The van der Waals surface area contributed by atoms with Crippen molar-refractivity contribution in [2.24, 2.45) is 0 Å². The van der Waals surface area contributed by atoms with E-state index in [1.54, 1.807) is 11.1 Å². The van der Waals surface area contributed by atoms with E-state index in [1.807, 2.05) is 37.3 Å². The Morgan fingerprint density at radius 2 is 1.80 bits per heavy atom. The SMILES string of the molecule is CC1CN(c2nccc3ccccc23)CCN1C(=O)Nc1ccc(C(F)(F)F)cc1. The van der Waals surface area contributed by atoms with Crippen LogP contribution in [-0.4, -0.2) is 41.6 Å². The van der Waals surface area contributed by atoms with E-state index in [-0.39, 0.29) is 12.1 Å². The number of piperazine rings is 1. The van der Waals surface area contributed by atoms with Gasteiger partial charge in [-0.25, -0.2) is 9.78 Å². The summed E-state index contributed by atoms with van der Waals surface area (Å²) in [5.74, 6) is 0.891. The minimum atomic E-state index is -4.40. The third-order valence-electron chi connectivity index (χ3n) is 5.30. The van der Waals surface area contributed by atoms with Gasteiger partial charge < -0.3 is 15.1 Å². The van der Waals surface area contributed by atoms with E-state index in [2.05, 4.69) is 15.2 Å². The number of urea groups is 1. The lowest BCUT2D eigenvalue weighted by Crippen LogP contribution is -2.55. The normalized spacial score (nSPS) is 17.3. The molecule has 2 aromatic carbocycles. The highest BCUT2D eigenvalue weighted by Crippen LogP contribution is 2.30. The largest absolute Gasteiger partial charge is 0.416 e. The molecule has 2 heterocycles. The van der Waals surface area contributed by atoms with Crippen LogP contribution in [0.15, 0.2) is 60.8 Å². The highest BCUT2D eigenvalue weighted by Gasteiger charge is 2.31. The maximum atomic E-state index is 12.7. The van der Waals surface area contributed by atoms with Gasteiger partial charge in [-0.2, -0.15) is 13.2 Å². The first-order valence-electron chi connectivity index (χ1n) is 9.66. The molecule has 2 amide bonds. The summed E-state index contributed by atoms with van der Waals surface area (Å²) in [6, 6.07) is 14.0. The van der Waals surface area contributed by atoms with Crippen LogP contribution in [0.2, 0.25) is 0 Å². The zero-order valence-corrected chi connectivity index (χ0v) is 16.4. The maximum Gasteiger partial charge on any atom is 0.416 e. The molecule has 8 heteroatoms. The zero-order chi connectivity index (χ0) is 21.3. The van der Waals surface area contributed by atoms with Crippen molar-refractivity contribution in [3.63, 3.8) is 0 Å². The summed E-state index contributed by atoms with van der Waals surface area (Å²) in [5.41, 5.74) is -0.414. The Labute approximate surface area is 172 Å². The monoisotopic (exact) mass is 414 g/mol. The van der Waals surface area contributed by atoms with Crippen LogP contribution >= 0.6 is 0 Å². The molecule has 0 saturated carbocycles. The number of hydrogen-bond donors (Lipinski definition) is 1. The fourth-order valence-electron chi connectivity index (χ4n) is 3.75. The number of carbonyl (C=O) groups excluding carboxylic acids is 1. The number of benzene rings is 2. The molecule has 1 N–H and O–H groups in total. The predicted octanol–water partition coefficient (Wildman–Crippen LogP) is 5.00. The zero-order valence-electron chi connectivity index (χ0n) is 16.4. The summed E-state index contributed by atoms with van der Waals surface area (Å²) in [6.45, 7) is 3.66. The van der Waals surface area contributed by atoms with Gasteiger partial charge in [-0.15, -0.1) is 0 Å². The third-order valence-corrected chi connectivity index (χ3v) is 5.30. The second-order valence-corrected chi connectivity index (χ2v) is 7.35. The summed E-state index contributed by atoms with van der Waals surface area (Å²) < 4.78 is 38.1. The number of carbonyl (C=O) groups is 1. The summed E-state index contributed by atoms with van der Waals surface area (Å²) in [7, 11) is 0. The minimum absolute atomic E-state index is 0.0889. The maximum absolute atomic E-state index is 12.7. The van der Waals surface area contributed by atoms with E-state index in [1.165, 1.54) is 12.1 Å². The minimum Gasteiger partial charge on any atom is -0.352 e. The highest BCUT2D eigenvalue weighted by molar-refractivity contribution is 5.92. The Balaban J connectivity index is 1.43. The second kappa shape index (κ2) is 7.85. The number of aromatic nitrogens is 1. The Hall–Kier alpha value is -3.29. The van der Waals surface area contributed by atoms with E-state index >= 15 is 0 Å². The molecule has 1 atom stereocenters. The van der Waals surface area contributed by atoms with Crippen LogP contribution in [0, 0.1) is 0 Å². The molecule has 3 aromatic rings. The fourth-order valence-corrected chi connectivity index (χ4v) is 3.75. The van der Waals surface area contributed by atoms with Crippen LogP contribution in [0.25, 0.3) is 10.8 Å². The first-order valence-corrected chi connectivity index (χ1v) is 9.66. The lowest BCUT2D eigenvalue weighted by molar-refractivity contribution is -0.137. The van der Waals surface area contributed by atoms with Crippen molar-refractivity contribution < 1.29 is 18.0 Å². The summed E-state index contributed by atoms with van der Waals surface area (Å²) >= 11 is 0. The number of rotatable bonds is 2. The third kappa shape index (κ3) is 4.03. The number of amides is 2. The van der Waals surface area contributed by atoms with Crippen molar-refractivity contribution in [2.75, 3.05) is 29.9 Å². The van der Waals surface area contributed by atoms with Crippen LogP contribution in [0.4, 0.5) is 29.5 Å². The van der Waals surface area contributed by atoms with Gasteiger partial charge >= 0.3 is 12.2 Å². The molecule has 1 unspecified atom stereocenters. The average molecular weight is 414 g/mol. The molecule has 1 fully saturated rings. The molecule has 1 saturated heterocycles. The Kier molecular flexibility index (Phi) is 5.24. The van der Waals surface area contributed by atoms with Crippen molar-refractivity contribution in [2.45, 2.75) is 19.1 Å². The standard InChI is InChI=1S/C22H21F3N4O/c1-15-14-28(20-19-5-3-2-4-16(19)10-11-26-20)12-13-29(15)21(30)27-18-8-6-17(7-9-18)22(23,24)25/h2-11,15H,12-14H2,1H3,(H,27,30). The van der Waals surface area contributed by atoms with Crippen molar-refractivity contribution >= 4 is 28.3 Å². The van der Waals surface area contributed by atoms with Crippen LogP contribution in [0.1, 0.15) is 12.5 Å². The van der Waals surface area contributed by atoms with Gasteiger partial charge in [0, 0.05) is 42.9 Å². The number of pyridine rings is 1. The van der Waals surface area contributed by atoms with Gasteiger partial charge in [0.1, 0.15) is 5.82 Å². The number of anilines is 2. The van der Waals surface area contributed by atoms with Crippen molar-refractivity contribution in [3.05, 3.63) is 66.4 Å². The Morgan fingerprint density at radius 3 is 2.50 bits per heavy atom. The van der Waals surface area contributed by atoms with Crippen LogP contribution < -0.4 is 10.2 Å². The molecule has 1 aliphatic heterocycles. The number of alkyl halides is 3. The number of nitrogens with one attached hydrogen (secondary N) is 1. The highest BCUT2D eigenvalue weighted by atomic mass is 19.4. The molecular weight excluding hydrogens is 393 g/mol. The summed E-state index contributed by atoms with van der Waals surface area (Å²) in [4.78, 5) is 21.1.